The Morgan fingerprint density at radius 3 is 2.75 bits per heavy atom. The van der Waals surface area contributed by atoms with E-state index in [1.807, 2.05) is 16.9 Å². The van der Waals surface area contributed by atoms with Crippen LogP contribution in [0, 0.1) is 5.92 Å². The van der Waals surface area contributed by atoms with Gasteiger partial charge in [-0.1, -0.05) is 16.8 Å². The van der Waals surface area contributed by atoms with Gasteiger partial charge in [0.05, 0.1) is 12.2 Å². The van der Waals surface area contributed by atoms with E-state index in [1.54, 1.807) is 6.20 Å². The number of anilines is 1. The molecular weight excluding hydrogens is 326 g/mol. The molecule has 0 atom stereocenters. The first kappa shape index (κ1) is 17.2. The number of nitrogens with one attached hydrogen (secondary N) is 1. The minimum absolute atomic E-state index is 0.283. The van der Waals surface area contributed by atoms with Gasteiger partial charge >= 0.3 is 0 Å². The third kappa shape index (κ3) is 3.87. The summed E-state index contributed by atoms with van der Waals surface area (Å²) in [5, 5.41) is 21.8. The van der Waals surface area contributed by atoms with Crippen LogP contribution in [-0.4, -0.2) is 37.7 Å². The van der Waals surface area contributed by atoms with Crippen LogP contribution >= 0.6 is 11.6 Å². The van der Waals surface area contributed by atoms with Gasteiger partial charge in [-0.2, -0.15) is 0 Å². The third-order valence-electron chi connectivity index (χ3n) is 4.55. The number of aliphatic hydroxyl groups is 1. The molecule has 2 heterocycles. The van der Waals surface area contributed by atoms with Crippen LogP contribution in [0.1, 0.15) is 45.6 Å². The Labute approximate surface area is 147 Å². The molecule has 0 amide bonds. The second-order valence-corrected chi connectivity index (χ2v) is 7.18. The quantitative estimate of drug-likeness (QED) is 0.807. The summed E-state index contributed by atoms with van der Waals surface area (Å²) in [5.41, 5.74) is 2.62. The molecule has 24 heavy (non-hydrogen) atoms. The fraction of sp³-hybridized carbons (Fsp3) is 0.588. The number of rotatable bonds is 5. The van der Waals surface area contributed by atoms with Gasteiger partial charge < -0.3 is 10.4 Å². The molecule has 1 fully saturated rings. The Balaban J connectivity index is 1.81. The van der Waals surface area contributed by atoms with Gasteiger partial charge in [-0.05, 0) is 51.5 Å². The van der Waals surface area contributed by atoms with Crippen LogP contribution in [-0.2, 0) is 0 Å². The lowest BCUT2D eigenvalue weighted by Crippen LogP contribution is -2.20. The van der Waals surface area contributed by atoms with Crippen LogP contribution in [0.2, 0.25) is 5.15 Å². The van der Waals surface area contributed by atoms with Crippen LogP contribution < -0.4 is 5.32 Å². The molecule has 2 aromatic heterocycles. The molecule has 1 aliphatic carbocycles. The van der Waals surface area contributed by atoms with Crippen molar-refractivity contribution in [3.05, 3.63) is 23.6 Å². The third-order valence-corrected chi connectivity index (χ3v) is 4.76. The smallest absolute Gasteiger partial charge is 0.131 e. The molecule has 2 N–H and O–H groups in total. The number of aliphatic hydroxyl groups excluding tert-OH is 1. The van der Waals surface area contributed by atoms with Crippen LogP contribution in [0.4, 0.5) is 5.69 Å². The van der Waals surface area contributed by atoms with E-state index in [0.717, 1.165) is 42.6 Å². The number of pyridine rings is 1. The summed E-state index contributed by atoms with van der Waals surface area (Å²) >= 11 is 6.03. The van der Waals surface area contributed by atoms with E-state index < -0.39 is 0 Å². The van der Waals surface area contributed by atoms with E-state index in [-0.39, 0.29) is 12.6 Å². The highest BCUT2D eigenvalue weighted by atomic mass is 35.5. The Kier molecular flexibility index (Phi) is 5.36. The maximum atomic E-state index is 9.27. The minimum atomic E-state index is 0.283. The van der Waals surface area contributed by atoms with Crippen LogP contribution in [0.25, 0.3) is 11.3 Å². The van der Waals surface area contributed by atoms with Crippen molar-refractivity contribution in [3.8, 4) is 11.3 Å². The van der Waals surface area contributed by atoms with Gasteiger partial charge in [0.15, 0.2) is 0 Å². The summed E-state index contributed by atoms with van der Waals surface area (Å²) in [5.74, 6) is 0.437. The van der Waals surface area contributed by atoms with E-state index in [1.165, 1.54) is 0 Å². The van der Waals surface area contributed by atoms with Gasteiger partial charge in [0.1, 0.15) is 10.8 Å². The number of hydrogen-bond acceptors (Lipinski definition) is 5. The topological polar surface area (TPSA) is 75.9 Å². The average molecular weight is 350 g/mol. The molecule has 2 aromatic rings. The van der Waals surface area contributed by atoms with Crippen LogP contribution in [0.3, 0.4) is 0 Å². The lowest BCUT2D eigenvalue weighted by molar-refractivity contribution is 0.164. The van der Waals surface area contributed by atoms with Crippen molar-refractivity contribution in [2.24, 2.45) is 5.92 Å². The fourth-order valence-corrected chi connectivity index (χ4v) is 3.39. The summed E-state index contributed by atoms with van der Waals surface area (Å²) in [6.07, 6.45) is 7.87. The van der Waals surface area contributed by atoms with Gasteiger partial charge in [-0.3, -0.25) is 0 Å². The lowest BCUT2D eigenvalue weighted by Gasteiger charge is -2.26. The van der Waals surface area contributed by atoms with Crippen molar-refractivity contribution in [2.45, 2.75) is 51.6 Å². The standard InChI is InChI=1S/C17H24ClN5O/c1-11(2)20-15-7-17(18)19-8-14(15)16-9-23(22-21-16)13-5-3-12(10-24)4-6-13/h7-9,11-13,24H,3-6,10H2,1-2H3,(H,19,20)/t12-,13-. The van der Waals surface area contributed by atoms with Crippen LogP contribution in [0.15, 0.2) is 18.5 Å². The molecule has 0 aromatic carbocycles. The van der Waals surface area contributed by atoms with E-state index in [9.17, 15) is 5.11 Å². The summed E-state index contributed by atoms with van der Waals surface area (Å²) in [6, 6.07) is 2.46. The zero-order valence-corrected chi connectivity index (χ0v) is 14.9. The van der Waals surface area contributed by atoms with Crippen molar-refractivity contribution in [3.63, 3.8) is 0 Å². The normalized spacial score (nSPS) is 21.2. The first-order valence-electron chi connectivity index (χ1n) is 8.52. The number of nitrogens with zero attached hydrogens (tertiary/aromatic N) is 4. The summed E-state index contributed by atoms with van der Waals surface area (Å²) in [7, 11) is 0. The number of halogens is 1. The van der Waals surface area contributed by atoms with Crippen molar-refractivity contribution in [1.29, 1.82) is 0 Å². The van der Waals surface area contributed by atoms with E-state index >= 15 is 0 Å². The molecule has 0 aliphatic heterocycles. The molecule has 3 rings (SSSR count). The lowest BCUT2D eigenvalue weighted by atomic mass is 9.87. The summed E-state index contributed by atoms with van der Waals surface area (Å²) < 4.78 is 1.96. The SMILES string of the molecule is CC(C)Nc1cc(Cl)ncc1-c1cn([C@H]2CC[C@H](CO)CC2)nn1. The van der Waals surface area contributed by atoms with Gasteiger partial charge in [0.2, 0.25) is 0 Å². The zero-order valence-electron chi connectivity index (χ0n) is 14.1. The average Bonchev–Trinajstić information content (AvgIpc) is 3.04. The minimum Gasteiger partial charge on any atom is -0.396 e. The molecule has 1 aliphatic rings. The summed E-state index contributed by atoms with van der Waals surface area (Å²) in [6.45, 7) is 4.44. The molecule has 7 heteroatoms. The maximum Gasteiger partial charge on any atom is 0.131 e. The predicted molar refractivity (Wildman–Crippen MR) is 95.1 cm³/mol. The monoisotopic (exact) mass is 349 g/mol. The molecule has 0 unspecified atom stereocenters. The van der Waals surface area contributed by atoms with E-state index in [4.69, 9.17) is 11.6 Å². The van der Waals surface area contributed by atoms with Crippen molar-refractivity contribution >= 4 is 17.3 Å². The van der Waals surface area contributed by atoms with Gasteiger partial charge in [0.25, 0.3) is 0 Å². The summed E-state index contributed by atoms with van der Waals surface area (Å²) in [4.78, 5) is 4.19. The molecule has 0 bridgehead atoms. The highest BCUT2D eigenvalue weighted by Crippen LogP contribution is 2.33. The molecule has 0 saturated heterocycles. The molecular formula is C17H24ClN5O. The first-order chi connectivity index (χ1) is 11.6. The highest BCUT2D eigenvalue weighted by Gasteiger charge is 2.23. The Hall–Kier alpha value is -1.66. The maximum absolute atomic E-state index is 9.27. The second-order valence-electron chi connectivity index (χ2n) is 6.79. The Morgan fingerprint density at radius 1 is 1.33 bits per heavy atom. The highest BCUT2D eigenvalue weighted by molar-refractivity contribution is 6.29. The molecule has 0 spiro atoms. The largest absolute Gasteiger partial charge is 0.396 e. The molecule has 1 saturated carbocycles. The Bertz CT molecular complexity index is 679. The number of aromatic nitrogens is 4. The fourth-order valence-electron chi connectivity index (χ4n) is 3.23. The zero-order chi connectivity index (χ0) is 17.1. The van der Waals surface area contributed by atoms with Crippen molar-refractivity contribution < 1.29 is 5.11 Å². The second kappa shape index (κ2) is 7.49. The Morgan fingerprint density at radius 2 is 2.08 bits per heavy atom. The number of hydrogen-bond donors (Lipinski definition) is 2. The van der Waals surface area contributed by atoms with Gasteiger partial charge in [-0.15, -0.1) is 5.10 Å². The molecule has 130 valence electrons. The van der Waals surface area contributed by atoms with Crippen molar-refractivity contribution in [2.75, 3.05) is 11.9 Å². The van der Waals surface area contributed by atoms with Gasteiger partial charge in [0, 0.05) is 30.1 Å². The van der Waals surface area contributed by atoms with E-state index in [2.05, 4.69) is 34.5 Å². The predicted octanol–water partition coefficient (Wildman–Crippen LogP) is 3.54. The van der Waals surface area contributed by atoms with Crippen molar-refractivity contribution in [1.82, 2.24) is 20.0 Å². The molecule has 0 radical (unpaired) electrons. The van der Waals surface area contributed by atoms with Gasteiger partial charge in [-0.25, -0.2) is 9.67 Å². The van der Waals surface area contributed by atoms with E-state index in [0.29, 0.717) is 17.1 Å². The molecule has 6 nitrogen and oxygen atoms in total. The van der Waals surface area contributed by atoms with Crippen LogP contribution in [0.5, 0.6) is 0 Å². The first-order valence-corrected chi connectivity index (χ1v) is 8.89.